The van der Waals surface area contributed by atoms with Crippen molar-refractivity contribution >= 4 is 25.8 Å². The van der Waals surface area contributed by atoms with Crippen molar-refractivity contribution in [2.75, 3.05) is 26.6 Å². The molecular formula is C11H13BrO5S. The highest BCUT2D eigenvalue weighted by molar-refractivity contribution is 9.10. The number of rotatable bonds is 3. The Balaban J connectivity index is 2.45. The minimum atomic E-state index is -3.49. The molecular weight excluding hydrogens is 324 g/mol. The molecule has 0 amide bonds. The maximum absolute atomic E-state index is 11.9. The summed E-state index contributed by atoms with van der Waals surface area (Å²) in [4.78, 5) is -1.49. The number of halogens is 1. The molecule has 1 aliphatic heterocycles. The van der Waals surface area contributed by atoms with Gasteiger partial charge in [-0.2, -0.15) is 0 Å². The Morgan fingerprint density at radius 2 is 2.22 bits per heavy atom. The van der Waals surface area contributed by atoms with E-state index in [0.717, 1.165) is 10.7 Å². The lowest BCUT2D eigenvalue weighted by molar-refractivity contribution is -0.00332. The standard InChI is InChI=1S/C11H13BrO5S/c1-15-6-11(18(2,13)14)7-16-10-8(12)4-3-5-9(10)17-11/h3-5H,6-7H2,1-2H3. The second kappa shape index (κ2) is 4.71. The van der Waals surface area contributed by atoms with Crippen molar-refractivity contribution in [1.29, 1.82) is 0 Å². The summed E-state index contributed by atoms with van der Waals surface area (Å²) >= 11 is 3.32. The lowest BCUT2D eigenvalue weighted by atomic mass is 10.2. The van der Waals surface area contributed by atoms with Crippen LogP contribution in [0, 0.1) is 0 Å². The monoisotopic (exact) mass is 336 g/mol. The number of benzene rings is 1. The van der Waals surface area contributed by atoms with Crippen molar-refractivity contribution < 1.29 is 22.6 Å². The highest BCUT2D eigenvalue weighted by Crippen LogP contribution is 2.42. The van der Waals surface area contributed by atoms with Gasteiger partial charge >= 0.3 is 0 Å². The molecule has 0 saturated heterocycles. The zero-order valence-corrected chi connectivity index (χ0v) is 12.4. The molecule has 5 nitrogen and oxygen atoms in total. The van der Waals surface area contributed by atoms with Gasteiger partial charge < -0.3 is 14.2 Å². The number of methoxy groups -OCH3 is 1. The van der Waals surface area contributed by atoms with Crippen LogP contribution in [0.25, 0.3) is 0 Å². The molecule has 7 heteroatoms. The third-order valence-corrected chi connectivity index (χ3v) is 5.00. The molecule has 0 radical (unpaired) electrons. The number of ether oxygens (including phenoxy) is 3. The van der Waals surface area contributed by atoms with Crippen molar-refractivity contribution in [3.8, 4) is 11.5 Å². The molecule has 1 unspecified atom stereocenters. The van der Waals surface area contributed by atoms with Crippen LogP contribution in [0.1, 0.15) is 0 Å². The van der Waals surface area contributed by atoms with Gasteiger partial charge in [0.1, 0.15) is 13.2 Å². The Kier molecular flexibility index (Phi) is 3.57. The van der Waals surface area contributed by atoms with E-state index in [0.29, 0.717) is 11.5 Å². The van der Waals surface area contributed by atoms with Crippen molar-refractivity contribution in [3.63, 3.8) is 0 Å². The molecule has 0 aromatic heterocycles. The second-order valence-electron chi connectivity index (χ2n) is 4.07. The normalized spacial score (nSPS) is 22.8. The zero-order chi connectivity index (χ0) is 13.4. The van der Waals surface area contributed by atoms with Gasteiger partial charge in [-0.15, -0.1) is 0 Å². The average molecular weight is 337 g/mol. The lowest BCUT2D eigenvalue weighted by Crippen LogP contribution is -2.54. The lowest BCUT2D eigenvalue weighted by Gasteiger charge is -2.36. The highest BCUT2D eigenvalue weighted by atomic mass is 79.9. The van der Waals surface area contributed by atoms with Gasteiger partial charge in [-0.3, -0.25) is 0 Å². The van der Waals surface area contributed by atoms with E-state index in [-0.39, 0.29) is 13.2 Å². The molecule has 0 saturated carbocycles. The first-order chi connectivity index (χ1) is 8.39. The smallest absolute Gasteiger partial charge is 0.264 e. The summed E-state index contributed by atoms with van der Waals surface area (Å²) in [6.45, 7) is -0.187. The van der Waals surface area contributed by atoms with Crippen LogP contribution in [0.5, 0.6) is 11.5 Å². The van der Waals surface area contributed by atoms with E-state index < -0.39 is 14.8 Å². The highest BCUT2D eigenvalue weighted by Gasteiger charge is 2.48. The van der Waals surface area contributed by atoms with Gasteiger partial charge in [-0.25, -0.2) is 8.42 Å². The van der Waals surface area contributed by atoms with Crippen LogP contribution in [0.3, 0.4) is 0 Å². The van der Waals surface area contributed by atoms with Crippen LogP contribution in [-0.4, -0.2) is 39.9 Å². The molecule has 0 bridgehead atoms. The number of hydrogen-bond acceptors (Lipinski definition) is 5. The van der Waals surface area contributed by atoms with Crippen LogP contribution in [0.15, 0.2) is 22.7 Å². The number of sulfone groups is 1. The Morgan fingerprint density at radius 3 is 2.83 bits per heavy atom. The fourth-order valence-electron chi connectivity index (χ4n) is 1.70. The van der Waals surface area contributed by atoms with Crippen LogP contribution >= 0.6 is 15.9 Å². The molecule has 1 aromatic carbocycles. The molecule has 0 N–H and O–H groups in total. The van der Waals surface area contributed by atoms with E-state index in [9.17, 15) is 8.42 Å². The van der Waals surface area contributed by atoms with E-state index in [2.05, 4.69) is 15.9 Å². The molecule has 2 rings (SSSR count). The van der Waals surface area contributed by atoms with E-state index in [1.165, 1.54) is 7.11 Å². The van der Waals surface area contributed by atoms with E-state index in [4.69, 9.17) is 14.2 Å². The van der Waals surface area contributed by atoms with Crippen LogP contribution in [-0.2, 0) is 14.6 Å². The molecule has 0 spiro atoms. The SMILES string of the molecule is COCC1(S(C)(=O)=O)COc2c(Br)cccc2O1. The number of hydrogen-bond donors (Lipinski definition) is 0. The number of para-hydroxylation sites is 1. The molecule has 0 fully saturated rings. The second-order valence-corrected chi connectivity index (χ2v) is 7.22. The van der Waals surface area contributed by atoms with Crippen LogP contribution in [0.4, 0.5) is 0 Å². The molecule has 1 aliphatic rings. The summed E-state index contributed by atoms with van der Waals surface area (Å²) in [6.07, 6.45) is 1.11. The minimum Gasteiger partial charge on any atom is -0.483 e. The van der Waals surface area contributed by atoms with Gasteiger partial charge in [0.2, 0.25) is 0 Å². The maximum Gasteiger partial charge on any atom is 0.264 e. The summed E-state index contributed by atoms with van der Waals surface area (Å²) < 4.78 is 40.6. The Labute approximate surface area is 114 Å². The molecule has 1 atom stereocenters. The first-order valence-corrected chi connectivity index (χ1v) is 7.87. The molecule has 0 aliphatic carbocycles. The first-order valence-electron chi connectivity index (χ1n) is 5.18. The average Bonchev–Trinajstić information content (AvgIpc) is 2.28. The Hall–Kier alpha value is -0.790. The van der Waals surface area contributed by atoms with Crippen LogP contribution in [0.2, 0.25) is 0 Å². The Bertz CT molecular complexity index is 557. The summed E-state index contributed by atoms with van der Waals surface area (Å²) in [5, 5.41) is 0. The summed E-state index contributed by atoms with van der Waals surface area (Å²) in [5.41, 5.74) is 0. The summed E-state index contributed by atoms with van der Waals surface area (Å²) in [7, 11) is -2.07. The van der Waals surface area contributed by atoms with Gasteiger partial charge in [0.05, 0.1) is 4.47 Å². The number of fused-ring (bicyclic) bond motifs is 1. The van der Waals surface area contributed by atoms with Crippen molar-refractivity contribution in [2.24, 2.45) is 0 Å². The predicted octanol–water partition coefficient (Wildman–Crippen LogP) is 1.61. The van der Waals surface area contributed by atoms with Gasteiger partial charge in [0, 0.05) is 13.4 Å². The van der Waals surface area contributed by atoms with Gasteiger partial charge in [-0.1, -0.05) is 6.07 Å². The first kappa shape index (κ1) is 13.6. The summed E-state index contributed by atoms with van der Waals surface area (Å²) in [6, 6.07) is 5.21. The van der Waals surface area contributed by atoms with E-state index in [1.54, 1.807) is 18.2 Å². The Morgan fingerprint density at radius 1 is 1.50 bits per heavy atom. The van der Waals surface area contributed by atoms with E-state index >= 15 is 0 Å². The van der Waals surface area contributed by atoms with Gasteiger partial charge in [0.15, 0.2) is 21.3 Å². The van der Waals surface area contributed by atoms with Crippen molar-refractivity contribution in [1.82, 2.24) is 0 Å². The van der Waals surface area contributed by atoms with Crippen molar-refractivity contribution in [2.45, 2.75) is 4.93 Å². The molecule has 18 heavy (non-hydrogen) atoms. The minimum absolute atomic E-state index is 0.0855. The van der Waals surface area contributed by atoms with Crippen molar-refractivity contribution in [3.05, 3.63) is 22.7 Å². The fourth-order valence-corrected chi connectivity index (χ4v) is 3.01. The molecule has 1 aromatic rings. The molecule has 100 valence electrons. The van der Waals surface area contributed by atoms with Gasteiger partial charge in [0.25, 0.3) is 4.93 Å². The zero-order valence-electron chi connectivity index (χ0n) is 9.97. The largest absolute Gasteiger partial charge is 0.483 e. The van der Waals surface area contributed by atoms with E-state index in [1.807, 2.05) is 0 Å². The van der Waals surface area contributed by atoms with Crippen LogP contribution < -0.4 is 9.47 Å². The maximum atomic E-state index is 11.9. The van der Waals surface area contributed by atoms with Gasteiger partial charge in [-0.05, 0) is 28.1 Å². The fraction of sp³-hybridized carbons (Fsp3) is 0.455. The topological polar surface area (TPSA) is 61.8 Å². The predicted molar refractivity (Wildman–Crippen MR) is 69.7 cm³/mol. The quantitative estimate of drug-likeness (QED) is 0.839. The molecule has 1 heterocycles. The summed E-state index contributed by atoms with van der Waals surface area (Å²) in [5.74, 6) is 0.894. The third-order valence-electron chi connectivity index (χ3n) is 2.70. The third kappa shape index (κ3) is 2.22.